The lowest BCUT2D eigenvalue weighted by atomic mass is 10.0. The fraction of sp³-hybridized carbons (Fsp3) is 0.571. The van der Waals surface area contributed by atoms with Gasteiger partial charge in [-0.3, -0.25) is 0 Å². The van der Waals surface area contributed by atoms with Crippen LogP contribution in [0.2, 0.25) is 5.02 Å². The molecule has 0 spiro atoms. The monoisotopic (exact) mass is 252 g/mol. The molecule has 1 aromatic rings. The zero-order valence-corrected chi connectivity index (χ0v) is 11.4. The van der Waals surface area contributed by atoms with Crippen LogP contribution < -0.4 is 10.2 Å². The normalized spacial score (nSPS) is 20.6. The minimum Gasteiger partial charge on any atom is -0.370 e. The Hall–Kier alpha value is -0.730. The number of likely N-dealkylation sites (N-methyl/N-ethyl adjacent to an activating group) is 1. The van der Waals surface area contributed by atoms with E-state index in [2.05, 4.69) is 30.1 Å². The molecule has 0 amide bonds. The SMILES string of the molecule is CCNC1CCCN(c2ccc(Cl)cc2C)C1. The van der Waals surface area contributed by atoms with Crippen molar-refractivity contribution < 1.29 is 0 Å². The second-order valence-electron chi connectivity index (χ2n) is 4.77. The van der Waals surface area contributed by atoms with Crippen molar-refractivity contribution in [3.63, 3.8) is 0 Å². The largest absolute Gasteiger partial charge is 0.370 e. The Bertz CT molecular complexity index is 376. The van der Waals surface area contributed by atoms with Gasteiger partial charge in [0.05, 0.1) is 0 Å². The van der Waals surface area contributed by atoms with Crippen molar-refractivity contribution in [3.8, 4) is 0 Å². The molecule has 1 aromatic carbocycles. The number of nitrogens with zero attached hydrogens (tertiary/aromatic N) is 1. The van der Waals surface area contributed by atoms with E-state index in [4.69, 9.17) is 11.6 Å². The molecule has 0 radical (unpaired) electrons. The van der Waals surface area contributed by atoms with Gasteiger partial charge in [0.15, 0.2) is 0 Å². The number of nitrogens with one attached hydrogen (secondary N) is 1. The highest BCUT2D eigenvalue weighted by molar-refractivity contribution is 6.30. The number of hydrogen-bond donors (Lipinski definition) is 1. The van der Waals surface area contributed by atoms with Gasteiger partial charge in [0.25, 0.3) is 0 Å². The van der Waals surface area contributed by atoms with Gasteiger partial charge in [-0.2, -0.15) is 0 Å². The molecule has 1 N–H and O–H groups in total. The van der Waals surface area contributed by atoms with Crippen molar-refractivity contribution in [1.82, 2.24) is 5.32 Å². The van der Waals surface area contributed by atoms with E-state index in [9.17, 15) is 0 Å². The molecule has 2 rings (SSSR count). The summed E-state index contributed by atoms with van der Waals surface area (Å²) in [5.41, 5.74) is 2.60. The third-order valence-electron chi connectivity index (χ3n) is 3.41. The van der Waals surface area contributed by atoms with Crippen molar-refractivity contribution in [3.05, 3.63) is 28.8 Å². The fourth-order valence-corrected chi connectivity index (χ4v) is 2.85. The van der Waals surface area contributed by atoms with Crippen molar-refractivity contribution in [2.45, 2.75) is 32.7 Å². The van der Waals surface area contributed by atoms with E-state index in [1.54, 1.807) is 0 Å². The summed E-state index contributed by atoms with van der Waals surface area (Å²) in [6, 6.07) is 6.81. The van der Waals surface area contributed by atoms with Gasteiger partial charge in [0.1, 0.15) is 0 Å². The van der Waals surface area contributed by atoms with Crippen LogP contribution in [0, 0.1) is 6.92 Å². The zero-order valence-electron chi connectivity index (χ0n) is 10.7. The van der Waals surface area contributed by atoms with E-state index in [1.807, 2.05) is 12.1 Å². The van der Waals surface area contributed by atoms with Crippen molar-refractivity contribution in [2.24, 2.45) is 0 Å². The summed E-state index contributed by atoms with van der Waals surface area (Å²) in [5, 5.41) is 4.37. The van der Waals surface area contributed by atoms with Crippen LogP contribution in [0.5, 0.6) is 0 Å². The van der Waals surface area contributed by atoms with Crippen LogP contribution in [0.15, 0.2) is 18.2 Å². The van der Waals surface area contributed by atoms with Crippen LogP contribution in [-0.2, 0) is 0 Å². The molecule has 94 valence electrons. The quantitative estimate of drug-likeness (QED) is 0.889. The maximum Gasteiger partial charge on any atom is 0.0410 e. The van der Waals surface area contributed by atoms with E-state index in [0.717, 1.165) is 24.7 Å². The number of halogens is 1. The maximum absolute atomic E-state index is 6.00. The van der Waals surface area contributed by atoms with Gasteiger partial charge in [-0.15, -0.1) is 0 Å². The highest BCUT2D eigenvalue weighted by Crippen LogP contribution is 2.26. The standard InChI is InChI=1S/C14H21ClN2/c1-3-16-13-5-4-8-17(10-13)14-7-6-12(15)9-11(14)2/h6-7,9,13,16H,3-5,8,10H2,1-2H3. The predicted molar refractivity (Wildman–Crippen MR) is 75.1 cm³/mol. The first kappa shape index (κ1) is 12.7. The lowest BCUT2D eigenvalue weighted by Crippen LogP contribution is -2.45. The second kappa shape index (κ2) is 5.74. The van der Waals surface area contributed by atoms with Crippen LogP contribution in [0.4, 0.5) is 5.69 Å². The molecule has 2 nitrogen and oxygen atoms in total. The first-order chi connectivity index (χ1) is 8.20. The van der Waals surface area contributed by atoms with E-state index >= 15 is 0 Å². The average molecular weight is 253 g/mol. The molecule has 0 aliphatic carbocycles. The molecule has 0 aromatic heterocycles. The van der Waals surface area contributed by atoms with E-state index < -0.39 is 0 Å². The lowest BCUT2D eigenvalue weighted by molar-refractivity contribution is 0.431. The third-order valence-corrected chi connectivity index (χ3v) is 3.65. The molecule has 1 atom stereocenters. The van der Waals surface area contributed by atoms with E-state index in [-0.39, 0.29) is 0 Å². The van der Waals surface area contributed by atoms with E-state index in [1.165, 1.54) is 24.1 Å². The molecule has 1 heterocycles. The molecule has 17 heavy (non-hydrogen) atoms. The van der Waals surface area contributed by atoms with Gasteiger partial charge < -0.3 is 10.2 Å². The Balaban J connectivity index is 2.10. The number of benzene rings is 1. The highest BCUT2D eigenvalue weighted by atomic mass is 35.5. The van der Waals surface area contributed by atoms with Gasteiger partial charge in [0, 0.05) is 29.8 Å². The van der Waals surface area contributed by atoms with Crippen LogP contribution >= 0.6 is 11.6 Å². The third kappa shape index (κ3) is 3.14. The summed E-state index contributed by atoms with van der Waals surface area (Å²) in [7, 11) is 0. The lowest BCUT2D eigenvalue weighted by Gasteiger charge is -2.35. The van der Waals surface area contributed by atoms with Gasteiger partial charge in [-0.05, 0) is 50.1 Å². The summed E-state index contributed by atoms with van der Waals surface area (Å²) in [5.74, 6) is 0. The molecule has 1 saturated heterocycles. The van der Waals surface area contributed by atoms with Gasteiger partial charge in [-0.25, -0.2) is 0 Å². The predicted octanol–water partition coefficient (Wildman–Crippen LogP) is 3.23. The summed E-state index contributed by atoms with van der Waals surface area (Å²) in [6.07, 6.45) is 2.55. The molecule has 1 aliphatic rings. The molecule has 0 bridgehead atoms. The molecule has 1 fully saturated rings. The van der Waals surface area contributed by atoms with E-state index in [0.29, 0.717) is 6.04 Å². The molecular formula is C14H21ClN2. The fourth-order valence-electron chi connectivity index (χ4n) is 2.62. The van der Waals surface area contributed by atoms with Gasteiger partial charge >= 0.3 is 0 Å². The summed E-state index contributed by atoms with van der Waals surface area (Å²) in [6.45, 7) is 7.63. The minimum atomic E-state index is 0.629. The Labute approximate surface area is 109 Å². The summed E-state index contributed by atoms with van der Waals surface area (Å²) in [4.78, 5) is 2.47. The van der Waals surface area contributed by atoms with Crippen LogP contribution in [-0.4, -0.2) is 25.7 Å². The molecule has 3 heteroatoms. The Morgan fingerprint density at radius 2 is 2.29 bits per heavy atom. The molecule has 1 unspecified atom stereocenters. The Morgan fingerprint density at radius 1 is 1.47 bits per heavy atom. The van der Waals surface area contributed by atoms with Crippen molar-refractivity contribution in [1.29, 1.82) is 0 Å². The number of rotatable bonds is 3. The molecular weight excluding hydrogens is 232 g/mol. The van der Waals surface area contributed by atoms with Crippen molar-refractivity contribution in [2.75, 3.05) is 24.5 Å². The minimum absolute atomic E-state index is 0.629. The number of hydrogen-bond acceptors (Lipinski definition) is 2. The Kier molecular flexibility index (Phi) is 4.30. The molecule has 0 saturated carbocycles. The number of aryl methyl sites for hydroxylation is 1. The number of anilines is 1. The first-order valence-electron chi connectivity index (χ1n) is 6.45. The first-order valence-corrected chi connectivity index (χ1v) is 6.83. The summed E-state index contributed by atoms with van der Waals surface area (Å²) < 4.78 is 0. The van der Waals surface area contributed by atoms with Crippen LogP contribution in [0.3, 0.4) is 0 Å². The zero-order chi connectivity index (χ0) is 12.3. The maximum atomic E-state index is 6.00. The van der Waals surface area contributed by atoms with Crippen LogP contribution in [0.25, 0.3) is 0 Å². The average Bonchev–Trinajstić information content (AvgIpc) is 2.29. The van der Waals surface area contributed by atoms with Crippen LogP contribution in [0.1, 0.15) is 25.3 Å². The van der Waals surface area contributed by atoms with Gasteiger partial charge in [-0.1, -0.05) is 18.5 Å². The number of piperidine rings is 1. The molecule has 1 aliphatic heterocycles. The Morgan fingerprint density at radius 3 is 3.00 bits per heavy atom. The van der Waals surface area contributed by atoms with Crippen molar-refractivity contribution >= 4 is 17.3 Å². The highest BCUT2D eigenvalue weighted by Gasteiger charge is 2.20. The van der Waals surface area contributed by atoms with Gasteiger partial charge in [0.2, 0.25) is 0 Å². The topological polar surface area (TPSA) is 15.3 Å². The smallest absolute Gasteiger partial charge is 0.0410 e. The second-order valence-corrected chi connectivity index (χ2v) is 5.21. The summed E-state index contributed by atoms with van der Waals surface area (Å²) >= 11 is 6.00.